The molecule has 0 fully saturated rings. The highest BCUT2D eigenvalue weighted by Gasteiger charge is 2.13. The van der Waals surface area contributed by atoms with E-state index in [-0.39, 0.29) is 11.9 Å². The van der Waals surface area contributed by atoms with Crippen molar-refractivity contribution in [3.8, 4) is 17.2 Å². The largest absolute Gasteiger partial charge is 0.496 e. The van der Waals surface area contributed by atoms with Crippen molar-refractivity contribution in [2.45, 2.75) is 13.0 Å². The van der Waals surface area contributed by atoms with Crippen molar-refractivity contribution in [1.82, 2.24) is 5.32 Å². The summed E-state index contributed by atoms with van der Waals surface area (Å²) in [6.07, 6.45) is 3.15. The molecule has 0 aromatic heterocycles. The monoisotopic (exact) mass is 341 g/mol. The standard InChI is InChI=1S/C20H23NO4/c1-14(15-8-5-6-9-17(15)23-2)21-20(22)13-12-16-18(24-3)10-7-11-19(16)25-4/h5-14H,1-4H3,(H,21,22)/b13-12+. The van der Waals surface area contributed by atoms with Crippen LogP contribution in [0.1, 0.15) is 24.1 Å². The number of hydrogen-bond donors (Lipinski definition) is 1. The predicted molar refractivity (Wildman–Crippen MR) is 98.1 cm³/mol. The summed E-state index contributed by atoms with van der Waals surface area (Å²) in [5, 5.41) is 2.93. The lowest BCUT2D eigenvalue weighted by Gasteiger charge is -2.16. The zero-order chi connectivity index (χ0) is 18.2. The number of methoxy groups -OCH3 is 3. The van der Waals surface area contributed by atoms with Gasteiger partial charge in [-0.2, -0.15) is 0 Å². The number of carbonyl (C=O) groups is 1. The minimum absolute atomic E-state index is 0.187. The summed E-state index contributed by atoms with van der Waals surface area (Å²) in [4.78, 5) is 12.3. The molecule has 5 nitrogen and oxygen atoms in total. The van der Waals surface area contributed by atoms with E-state index in [0.717, 1.165) is 11.3 Å². The van der Waals surface area contributed by atoms with E-state index in [4.69, 9.17) is 14.2 Å². The first-order valence-corrected chi connectivity index (χ1v) is 7.93. The van der Waals surface area contributed by atoms with Gasteiger partial charge in [-0.05, 0) is 31.2 Å². The second-order valence-electron chi connectivity index (χ2n) is 5.38. The topological polar surface area (TPSA) is 56.8 Å². The summed E-state index contributed by atoms with van der Waals surface area (Å²) in [6.45, 7) is 1.91. The van der Waals surface area contributed by atoms with E-state index >= 15 is 0 Å². The van der Waals surface area contributed by atoms with Crippen molar-refractivity contribution >= 4 is 12.0 Å². The van der Waals surface area contributed by atoms with Gasteiger partial charge in [-0.1, -0.05) is 24.3 Å². The molecule has 0 saturated heterocycles. The van der Waals surface area contributed by atoms with Crippen LogP contribution in [-0.4, -0.2) is 27.2 Å². The van der Waals surface area contributed by atoms with Crippen LogP contribution in [0.5, 0.6) is 17.2 Å². The molecule has 0 aliphatic carbocycles. The Hall–Kier alpha value is -2.95. The highest BCUT2D eigenvalue weighted by atomic mass is 16.5. The van der Waals surface area contributed by atoms with Crippen LogP contribution in [0.25, 0.3) is 6.08 Å². The zero-order valence-corrected chi connectivity index (χ0v) is 14.9. The predicted octanol–water partition coefficient (Wildman–Crippen LogP) is 3.60. The SMILES string of the molecule is COc1ccccc1C(C)NC(=O)/C=C/c1c(OC)cccc1OC. The highest BCUT2D eigenvalue weighted by molar-refractivity contribution is 5.93. The third-order valence-corrected chi connectivity index (χ3v) is 3.83. The fraction of sp³-hybridized carbons (Fsp3) is 0.250. The Labute approximate surface area is 148 Å². The van der Waals surface area contributed by atoms with E-state index in [1.54, 1.807) is 27.4 Å². The summed E-state index contributed by atoms with van der Waals surface area (Å²) < 4.78 is 16.0. The first-order valence-electron chi connectivity index (χ1n) is 7.93. The molecule has 1 amide bonds. The number of ether oxygens (including phenoxy) is 3. The van der Waals surface area contributed by atoms with Gasteiger partial charge in [0.15, 0.2) is 0 Å². The molecular weight excluding hydrogens is 318 g/mol. The number of amides is 1. The van der Waals surface area contributed by atoms with Crippen LogP contribution in [0.2, 0.25) is 0 Å². The smallest absolute Gasteiger partial charge is 0.244 e. The lowest BCUT2D eigenvalue weighted by atomic mass is 10.1. The molecule has 1 unspecified atom stereocenters. The normalized spacial score (nSPS) is 11.8. The number of nitrogens with one attached hydrogen (secondary N) is 1. The van der Waals surface area contributed by atoms with Gasteiger partial charge in [-0.15, -0.1) is 0 Å². The molecule has 5 heteroatoms. The Kier molecular flexibility index (Phi) is 6.46. The van der Waals surface area contributed by atoms with Crippen LogP contribution in [0.15, 0.2) is 48.5 Å². The summed E-state index contributed by atoms with van der Waals surface area (Å²) in [5.74, 6) is 1.80. The van der Waals surface area contributed by atoms with Crippen LogP contribution in [0, 0.1) is 0 Å². The van der Waals surface area contributed by atoms with E-state index in [1.807, 2.05) is 49.4 Å². The first kappa shape index (κ1) is 18.4. The highest BCUT2D eigenvalue weighted by Crippen LogP contribution is 2.29. The van der Waals surface area contributed by atoms with Crippen LogP contribution >= 0.6 is 0 Å². The average molecular weight is 341 g/mol. The molecule has 0 radical (unpaired) electrons. The Bertz CT molecular complexity index is 733. The van der Waals surface area contributed by atoms with Gasteiger partial charge < -0.3 is 19.5 Å². The maximum absolute atomic E-state index is 12.3. The maximum atomic E-state index is 12.3. The van der Waals surface area contributed by atoms with Crippen LogP contribution < -0.4 is 19.5 Å². The fourth-order valence-corrected chi connectivity index (χ4v) is 2.57. The summed E-state index contributed by atoms with van der Waals surface area (Å²) in [7, 11) is 4.77. The number of benzene rings is 2. The third-order valence-electron chi connectivity index (χ3n) is 3.83. The van der Waals surface area contributed by atoms with Crippen LogP contribution in [0.4, 0.5) is 0 Å². The van der Waals surface area contributed by atoms with Crippen molar-refractivity contribution in [3.05, 3.63) is 59.7 Å². The lowest BCUT2D eigenvalue weighted by Crippen LogP contribution is -2.25. The average Bonchev–Trinajstić information content (AvgIpc) is 2.65. The third kappa shape index (κ3) is 4.53. The molecule has 2 rings (SSSR count). The number of para-hydroxylation sites is 1. The van der Waals surface area contributed by atoms with Crippen molar-refractivity contribution in [2.75, 3.05) is 21.3 Å². The zero-order valence-electron chi connectivity index (χ0n) is 14.9. The van der Waals surface area contributed by atoms with Gasteiger partial charge in [0.1, 0.15) is 17.2 Å². The number of hydrogen-bond acceptors (Lipinski definition) is 4. The van der Waals surface area contributed by atoms with Crippen molar-refractivity contribution in [3.63, 3.8) is 0 Å². The van der Waals surface area contributed by atoms with Gasteiger partial charge in [-0.3, -0.25) is 4.79 Å². The minimum atomic E-state index is -0.216. The van der Waals surface area contributed by atoms with Gasteiger partial charge in [0, 0.05) is 11.6 Å². The molecule has 2 aromatic carbocycles. The Morgan fingerprint density at radius 3 is 2.08 bits per heavy atom. The maximum Gasteiger partial charge on any atom is 0.244 e. The molecule has 0 heterocycles. The molecule has 1 N–H and O–H groups in total. The molecule has 2 aromatic rings. The van der Waals surface area contributed by atoms with Crippen molar-refractivity contribution in [2.24, 2.45) is 0 Å². The summed E-state index contributed by atoms with van der Waals surface area (Å²) >= 11 is 0. The minimum Gasteiger partial charge on any atom is -0.496 e. The quantitative estimate of drug-likeness (QED) is 0.782. The molecule has 0 saturated carbocycles. The Morgan fingerprint density at radius 2 is 1.48 bits per heavy atom. The van der Waals surface area contributed by atoms with E-state index in [2.05, 4.69) is 5.32 Å². The van der Waals surface area contributed by atoms with E-state index in [1.165, 1.54) is 6.08 Å². The van der Waals surface area contributed by atoms with Gasteiger partial charge in [-0.25, -0.2) is 0 Å². The van der Waals surface area contributed by atoms with Crippen molar-refractivity contribution < 1.29 is 19.0 Å². The second-order valence-corrected chi connectivity index (χ2v) is 5.38. The Morgan fingerprint density at radius 1 is 0.920 bits per heavy atom. The van der Waals surface area contributed by atoms with Crippen molar-refractivity contribution in [1.29, 1.82) is 0 Å². The van der Waals surface area contributed by atoms with Crippen LogP contribution in [-0.2, 0) is 4.79 Å². The Balaban J connectivity index is 2.14. The number of carbonyl (C=O) groups excluding carboxylic acids is 1. The molecule has 25 heavy (non-hydrogen) atoms. The van der Waals surface area contributed by atoms with Gasteiger partial charge in [0.05, 0.1) is 32.9 Å². The first-order chi connectivity index (χ1) is 12.1. The molecule has 0 bridgehead atoms. The summed E-state index contributed by atoms with van der Waals surface area (Å²) in [5.41, 5.74) is 1.63. The molecule has 132 valence electrons. The van der Waals surface area contributed by atoms with Gasteiger partial charge in [0.25, 0.3) is 0 Å². The fourth-order valence-electron chi connectivity index (χ4n) is 2.57. The summed E-state index contributed by atoms with van der Waals surface area (Å²) in [6, 6.07) is 12.9. The van der Waals surface area contributed by atoms with Gasteiger partial charge in [0.2, 0.25) is 5.91 Å². The molecule has 0 aliphatic heterocycles. The van der Waals surface area contributed by atoms with E-state index in [0.29, 0.717) is 17.1 Å². The molecule has 0 aliphatic rings. The molecule has 1 atom stereocenters. The molecule has 0 spiro atoms. The van der Waals surface area contributed by atoms with E-state index in [9.17, 15) is 4.79 Å². The van der Waals surface area contributed by atoms with Gasteiger partial charge >= 0.3 is 0 Å². The lowest BCUT2D eigenvalue weighted by molar-refractivity contribution is -0.117. The number of rotatable bonds is 7. The molecular formula is C20H23NO4. The van der Waals surface area contributed by atoms with E-state index < -0.39 is 0 Å². The second kappa shape index (κ2) is 8.78. The van der Waals surface area contributed by atoms with Crippen LogP contribution in [0.3, 0.4) is 0 Å².